The fourth-order valence-electron chi connectivity index (χ4n) is 4.98. The number of alkyl halides is 2. The Labute approximate surface area is 210 Å². The van der Waals surface area contributed by atoms with Gasteiger partial charge in [0.1, 0.15) is 11.0 Å². The van der Waals surface area contributed by atoms with Crippen LogP contribution >= 0.6 is 0 Å². The molecule has 37 heavy (non-hydrogen) atoms. The normalized spacial score (nSPS) is 20.4. The molecule has 2 saturated heterocycles. The number of pyridine rings is 1. The molecule has 0 aromatic carbocycles. The van der Waals surface area contributed by atoms with E-state index in [-0.39, 0.29) is 30.6 Å². The second-order valence-electron chi connectivity index (χ2n) is 9.41. The Hall–Kier alpha value is -3.52. The number of fused-ring (bicyclic) bond motifs is 2. The van der Waals surface area contributed by atoms with E-state index in [1.54, 1.807) is 28.8 Å². The van der Waals surface area contributed by atoms with E-state index in [2.05, 4.69) is 36.0 Å². The van der Waals surface area contributed by atoms with Crippen LogP contribution in [0.15, 0.2) is 18.3 Å². The summed E-state index contributed by atoms with van der Waals surface area (Å²) >= 11 is 0. The minimum Gasteiger partial charge on any atom is -0.378 e. The monoisotopic (exact) mass is 516 g/mol. The molecule has 2 N–H and O–H groups in total. The van der Waals surface area contributed by atoms with Crippen LogP contribution < -0.4 is 10.6 Å². The fraction of sp³-hybridized carbons (Fsp3) is 0.522. The predicted octanol–water partition coefficient (Wildman–Crippen LogP) is 2.50. The minimum absolute atomic E-state index is 0.000490. The van der Waals surface area contributed by atoms with E-state index in [1.807, 2.05) is 6.92 Å². The van der Waals surface area contributed by atoms with Gasteiger partial charge in [-0.3, -0.25) is 4.90 Å². The van der Waals surface area contributed by atoms with Crippen molar-refractivity contribution in [3.05, 3.63) is 24.1 Å². The number of aromatic nitrogens is 7. The summed E-state index contributed by atoms with van der Waals surface area (Å²) in [6.45, 7) is 3.81. The quantitative estimate of drug-likeness (QED) is 0.383. The molecule has 0 aliphatic carbocycles. The number of ether oxygens (including phenoxy) is 1. The first-order chi connectivity index (χ1) is 17.9. The molecule has 2 aliphatic rings. The van der Waals surface area contributed by atoms with Gasteiger partial charge in [0.25, 0.3) is 5.92 Å². The first-order valence-corrected chi connectivity index (χ1v) is 12.3. The maximum absolute atomic E-state index is 15.2. The first-order valence-electron chi connectivity index (χ1n) is 12.3. The van der Waals surface area contributed by atoms with Crippen molar-refractivity contribution in [2.24, 2.45) is 5.92 Å². The standard InChI is InChI=1S/C23H27F3N10O/c1-3-35-21-17(31-33-35)5-4-16(29-21)18-15(24)9-36-19(18)20(27-2)30-22(32-36)28-8-13-6-7-34(12-23(13,25)26)14-10-37-11-14/h4-5,9,13-14H,3,6-8,10-12H2,1-2H3,(H2,27,28,30,32). The molecule has 0 amide bonds. The molecule has 0 bridgehead atoms. The van der Waals surface area contributed by atoms with Crippen molar-refractivity contribution in [3.63, 3.8) is 0 Å². The van der Waals surface area contributed by atoms with Crippen LogP contribution in [0.5, 0.6) is 0 Å². The van der Waals surface area contributed by atoms with Crippen LogP contribution in [0, 0.1) is 11.7 Å². The number of likely N-dealkylation sites (tertiary alicyclic amines) is 1. The second-order valence-corrected chi connectivity index (χ2v) is 9.41. The van der Waals surface area contributed by atoms with Crippen molar-refractivity contribution in [1.82, 2.24) is 39.5 Å². The second kappa shape index (κ2) is 9.10. The topological polar surface area (TPSA) is 110 Å². The van der Waals surface area contributed by atoms with Crippen molar-refractivity contribution in [3.8, 4) is 11.3 Å². The molecular formula is C23H27F3N10O. The van der Waals surface area contributed by atoms with Crippen LogP contribution in [0.25, 0.3) is 27.9 Å². The molecule has 4 aromatic rings. The lowest BCUT2D eigenvalue weighted by Crippen LogP contribution is -2.58. The zero-order valence-electron chi connectivity index (χ0n) is 20.5. The Balaban J connectivity index is 1.27. The van der Waals surface area contributed by atoms with E-state index >= 15 is 4.39 Å². The maximum Gasteiger partial charge on any atom is 0.265 e. The summed E-state index contributed by atoms with van der Waals surface area (Å²) in [4.78, 5) is 10.8. The first kappa shape index (κ1) is 23.9. The number of rotatable bonds is 7. The van der Waals surface area contributed by atoms with Crippen molar-refractivity contribution in [2.45, 2.75) is 31.9 Å². The molecule has 6 heterocycles. The SMILES string of the molecule is CCn1nnc2ccc(-c3c(F)cn4nc(NCC5CCN(C6COC6)CC5(F)F)nc(NC)c34)nc21. The molecule has 14 heteroatoms. The van der Waals surface area contributed by atoms with E-state index in [9.17, 15) is 8.78 Å². The summed E-state index contributed by atoms with van der Waals surface area (Å²) in [7, 11) is 1.65. The highest BCUT2D eigenvalue weighted by Gasteiger charge is 2.46. The summed E-state index contributed by atoms with van der Waals surface area (Å²) < 4.78 is 53.1. The molecular weight excluding hydrogens is 489 g/mol. The van der Waals surface area contributed by atoms with E-state index in [4.69, 9.17) is 4.74 Å². The van der Waals surface area contributed by atoms with Gasteiger partial charge in [-0.1, -0.05) is 5.21 Å². The van der Waals surface area contributed by atoms with Gasteiger partial charge in [-0.05, 0) is 32.0 Å². The molecule has 2 fully saturated rings. The number of piperidine rings is 1. The lowest BCUT2D eigenvalue weighted by Gasteiger charge is -2.44. The zero-order valence-corrected chi connectivity index (χ0v) is 20.5. The predicted molar refractivity (Wildman–Crippen MR) is 130 cm³/mol. The molecule has 1 atom stereocenters. The van der Waals surface area contributed by atoms with Crippen LogP contribution in [-0.4, -0.2) is 91.3 Å². The summed E-state index contributed by atoms with van der Waals surface area (Å²) in [5.41, 5.74) is 2.14. The zero-order chi connectivity index (χ0) is 25.7. The van der Waals surface area contributed by atoms with E-state index < -0.39 is 17.7 Å². The highest BCUT2D eigenvalue weighted by molar-refractivity contribution is 5.89. The Kier molecular flexibility index (Phi) is 5.87. The third-order valence-electron chi connectivity index (χ3n) is 7.16. The van der Waals surface area contributed by atoms with Crippen LogP contribution in [0.4, 0.5) is 24.9 Å². The fourth-order valence-corrected chi connectivity index (χ4v) is 4.98. The number of nitrogens with zero attached hydrogens (tertiary/aromatic N) is 8. The number of hydrogen-bond donors (Lipinski definition) is 2. The lowest BCUT2D eigenvalue weighted by atomic mass is 9.91. The van der Waals surface area contributed by atoms with Crippen molar-refractivity contribution in [2.75, 3.05) is 50.5 Å². The van der Waals surface area contributed by atoms with Gasteiger partial charge in [0, 0.05) is 26.1 Å². The Morgan fingerprint density at radius 2 is 2.05 bits per heavy atom. The van der Waals surface area contributed by atoms with Crippen molar-refractivity contribution >= 4 is 28.4 Å². The van der Waals surface area contributed by atoms with Gasteiger partial charge < -0.3 is 15.4 Å². The molecule has 4 aromatic heterocycles. The molecule has 196 valence electrons. The highest BCUT2D eigenvalue weighted by atomic mass is 19.3. The van der Waals surface area contributed by atoms with Crippen LogP contribution in [-0.2, 0) is 11.3 Å². The maximum atomic E-state index is 15.2. The molecule has 0 radical (unpaired) electrons. The molecule has 0 spiro atoms. The van der Waals surface area contributed by atoms with Gasteiger partial charge in [0.05, 0.1) is 43.3 Å². The average molecular weight is 517 g/mol. The minimum atomic E-state index is -2.85. The third-order valence-corrected chi connectivity index (χ3v) is 7.16. The smallest absolute Gasteiger partial charge is 0.265 e. The summed E-state index contributed by atoms with van der Waals surface area (Å²) in [6, 6.07) is 3.49. The molecule has 2 aliphatic heterocycles. The largest absolute Gasteiger partial charge is 0.378 e. The summed E-state index contributed by atoms with van der Waals surface area (Å²) in [5.74, 6) is -3.79. The number of hydrogen-bond acceptors (Lipinski definition) is 9. The van der Waals surface area contributed by atoms with E-state index in [1.165, 1.54) is 10.7 Å². The molecule has 1 unspecified atom stereocenters. The number of halogens is 3. The van der Waals surface area contributed by atoms with Crippen molar-refractivity contribution < 1.29 is 17.9 Å². The third kappa shape index (κ3) is 4.13. The number of anilines is 2. The van der Waals surface area contributed by atoms with Gasteiger partial charge in [0.2, 0.25) is 5.95 Å². The Bertz CT molecular complexity index is 1450. The number of aryl methyl sites for hydroxylation is 1. The van der Waals surface area contributed by atoms with Gasteiger partial charge in [-0.25, -0.2) is 27.4 Å². The van der Waals surface area contributed by atoms with E-state index in [0.29, 0.717) is 60.9 Å². The van der Waals surface area contributed by atoms with Gasteiger partial charge in [-0.15, -0.1) is 10.2 Å². The summed E-state index contributed by atoms with van der Waals surface area (Å²) in [6.07, 6.45) is 1.57. The Morgan fingerprint density at radius 3 is 2.76 bits per heavy atom. The molecule has 0 saturated carbocycles. The lowest BCUT2D eigenvalue weighted by molar-refractivity contribution is -0.149. The van der Waals surface area contributed by atoms with Crippen LogP contribution in [0.2, 0.25) is 0 Å². The van der Waals surface area contributed by atoms with Gasteiger partial charge in [0.15, 0.2) is 17.3 Å². The molecule has 11 nitrogen and oxygen atoms in total. The molecule has 6 rings (SSSR count). The van der Waals surface area contributed by atoms with Crippen LogP contribution in [0.3, 0.4) is 0 Å². The summed E-state index contributed by atoms with van der Waals surface area (Å²) in [5, 5.41) is 18.4. The van der Waals surface area contributed by atoms with E-state index in [0.717, 1.165) is 0 Å². The number of nitrogens with one attached hydrogen (secondary N) is 2. The van der Waals surface area contributed by atoms with Crippen molar-refractivity contribution in [1.29, 1.82) is 0 Å². The average Bonchev–Trinajstić information content (AvgIpc) is 3.40. The highest BCUT2D eigenvalue weighted by Crippen LogP contribution is 2.36. The van der Waals surface area contributed by atoms with Gasteiger partial charge >= 0.3 is 0 Å². The van der Waals surface area contributed by atoms with Gasteiger partial charge in [-0.2, -0.15) is 4.98 Å². The van der Waals surface area contributed by atoms with Crippen LogP contribution in [0.1, 0.15) is 13.3 Å². The Morgan fingerprint density at radius 1 is 1.22 bits per heavy atom.